The lowest BCUT2D eigenvalue weighted by Gasteiger charge is -2.12. The van der Waals surface area contributed by atoms with Crippen molar-refractivity contribution in [2.24, 2.45) is 0 Å². The van der Waals surface area contributed by atoms with Crippen LogP contribution in [0.4, 0.5) is 0 Å². The Kier molecular flexibility index (Phi) is 5.61. The molecule has 0 amide bonds. The van der Waals surface area contributed by atoms with Gasteiger partial charge in [0.1, 0.15) is 17.2 Å². The lowest BCUT2D eigenvalue weighted by Crippen LogP contribution is -2.05. The summed E-state index contributed by atoms with van der Waals surface area (Å²) in [5.41, 5.74) is 1.12. The Morgan fingerprint density at radius 3 is 2.32 bits per heavy atom. The van der Waals surface area contributed by atoms with Gasteiger partial charge in [0.05, 0.1) is 0 Å². The summed E-state index contributed by atoms with van der Waals surface area (Å²) in [6.45, 7) is -0.247. The molecule has 2 rings (SSSR count). The molecule has 0 saturated carbocycles. The van der Waals surface area contributed by atoms with E-state index in [0.717, 1.165) is 0 Å². The molecular formula is C16H16ClNO4. The van der Waals surface area contributed by atoms with Crippen LogP contribution in [0.1, 0.15) is 11.1 Å². The molecule has 0 unspecified atom stereocenters. The summed E-state index contributed by atoms with van der Waals surface area (Å²) in [6.07, 6.45) is 0.602. The maximum absolute atomic E-state index is 10.5. The third-order valence-electron chi connectivity index (χ3n) is 3.15. The van der Waals surface area contributed by atoms with Crippen LogP contribution in [0.15, 0.2) is 42.5 Å². The Bertz CT molecular complexity index is 646. The van der Waals surface area contributed by atoms with Gasteiger partial charge in [-0.2, -0.15) is 0 Å². The number of para-hydroxylation sites is 1. The van der Waals surface area contributed by atoms with E-state index in [2.05, 4.69) is 0 Å². The highest BCUT2D eigenvalue weighted by Gasteiger charge is 2.13. The smallest absolute Gasteiger partial charge is 0.208 e. The predicted octanol–water partition coefficient (Wildman–Crippen LogP) is 3.79. The van der Waals surface area contributed by atoms with Gasteiger partial charge in [0.2, 0.25) is 6.54 Å². The topological polar surface area (TPSA) is 72.6 Å². The van der Waals surface area contributed by atoms with Gasteiger partial charge >= 0.3 is 0 Å². The van der Waals surface area contributed by atoms with Gasteiger partial charge in [-0.1, -0.05) is 18.2 Å². The van der Waals surface area contributed by atoms with Crippen LogP contribution >= 0.6 is 11.6 Å². The number of benzene rings is 2. The quantitative estimate of drug-likeness (QED) is 0.478. The van der Waals surface area contributed by atoms with E-state index in [1.165, 1.54) is 0 Å². The van der Waals surface area contributed by atoms with E-state index in [4.69, 9.17) is 16.3 Å². The van der Waals surface area contributed by atoms with Crippen LogP contribution in [0.5, 0.6) is 17.2 Å². The van der Waals surface area contributed by atoms with E-state index in [1.807, 2.05) is 30.3 Å². The Labute approximate surface area is 133 Å². The summed E-state index contributed by atoms with van der Waals surface area (Å²) in [5, 5.41) is 20.7. The fourth-order valence-corrected chi connectivity index (χ4v) is 2.31. The Morgan fingerprint density at radius 1 is 1.09 bits per heavy atom. The van der Waals surface area contributed by atoms with Gasteiger partial charge in [-0.25, -0.2) is 0 Å². The van der Waals surface area contributed by atoms with Crippen LogP contribution in [0.25, 0.3) is 0 Å². The number of rotatable bonds is 7. The maximum atomic E-state index is 10.5. The molecular weight excluding hydrogens is 306 g/mol. The van der Waals surface area contributed by atoms with E-state index < -0.39 is 4.92 Å². The van der Waals surface area contributed by atoms with E-state index in [0.29, 0.717) is 34.9 Å². The van der Waals surface area contributed by atoms with Crippen LogP contribution < -0.4 is 4.74 Å². The average Bonchev–Trinajstić information content (AvgIpc) is 2.50. The maximum Gasteiger partial charge on any atom is 0.208 e. The fraction of sp³-hybridized carbons (Fsp3) is 0.250. The molecule has 0 aromatic heterocycles. The number of phenols is 1. The molecule has 5 nitrogen and oxygen atoms in total. The molecule has 2 aromatic rings. The fourth-order valence-electron chi connectivity index (χ4n) is 2.11. The van der Waals surface area contributed by atoms with Crippen molar-refractivity contribution in [3.8, 4) is 17.2 Å². The van der Waals surface area contributed by atoms with Gasteiger partial charge in [0.15, 0.2) is 0 Å². The van der Waals surface area contributed by atoms with Crippen molar-refractivity contribution >= 4 is 11.6 Å². The second kappa shape index (κ2) is 7.66. The molecule has 1 N–H and O–H groups in total. The molecule has 22 heavy (non-hydrogen) atoms. The lowest BCUT2D eigenvalue weighted by molar-refractivity contribution is -0.479. The number of hydrogen-bond acceptors (Lipinski definition) is 4. The molecule has 6 heteroatoms. The van der Waals surface area contributed by atoms with Gasteiger partial charge in [-0.05, 0) is 36.2 Å². The molecule has 2 aromatic carbocycles. The molecule has 0 aliphatic carbocycles. The number of hydrogen-bond donors (Lipinski definition) is 1. The summed E-state index contributed by atoms with van der Waals surface area (Å²) < 4.78 is 5.74. The largest absolute Gasteiger partial charge is 0.507 e. The zero-order valence-corrected chi connectivity index (χ0v) is 12.6. The Hall–Kier alpha value is -2.27. The number of nitro groups is 1. The Balaban J connectivity index is 2.30. The van der Waals surface area contributed by atoms with Crippen LogP contribution in [0.2, 0.25) is 0 Å². The standard InChI is InChI=1S/C16H16ClNO4/c17-8-6-12-10-15(22-14-4-2-1-3-5-14)11-13(16(12)19)7-9-18(20)21/h1-5,10-11,19H,6-9H2. The second-order valence-electron chi connectivity index (χ2n) is 4.75. The molecule has 0 aliphatic heterocycles. The summed E-state index contributed by atoms with van der Waals surface area (Å²) in [5.74, 6) is 1.59. The first-order valence-electron chi connectivity index (χ1n) is 6.85. The summed E-state index contributed by atoms with van der Waals surface area (Å²) >= 11 is 5.74. The van der Waals surface area contributed by atoms with Gasteiger partial charge in [-0.3, -0.25) is 10.1 Å². The predicted molar refractivity (Wildman–Crippen MR) is 84.6 cm³/mol. The number of aromatic hydroxyl groups is 1. The highest BCUT2D eigenvalue weighted by molar-refractivity contribution is 6.18. The van der Waals surface area contributed by atoms with Crippen molar-refractivity contribution in [3.05, 3.63) is 63.7 Å². The molecule has 0 fully saturated rings. The number of phenolic OH excluding ortho intramolecular Hbond substituents is 1. The van der Waals surface area contributed by atoms with Crippen molar-refractivity contribution in [1.29, 1.82) is 0 Å². The molecule has 0 radical (unpaired) electrons. The minimum absolute atomic E-state index is 0.0583. The van der Waals surface area contributed by atoms with Crippen LogP contribution in [-0.4, -0.2) is 22.5 Å². The van der Waals surface area contributed by atoms with Crippen LogP contribution in [-0.2, 0) is 12.8 Å². The van der Waals surface area contributed by atoms with Gasteiger partial charge < -0.3 is 9.84 Å². The lowest BCUT2D eigenvalue weighted by atomic mass is 10.0. The first-order valence-corrected chi connectivity index (χ1v) is 7.39. The zero-order chi connectivity index (χ0) is 15.9. The van der Waals surface area contributed by atoms with Crippen molar-refractivity contribution in [1.82, 2.24) is 0 Å². The molecule has 0 heterocycles. The van der Waals surface area contributed by atoms with Crippen molar-refractivity contribution in [2.45, 2.75) is 12.8 Å². The van der Waals surface area contributed by atoms with Gasteiger partial charge in [-0.15, -0.1) is 11.6 Å². The molecule has 0 spiro atoms. The normalized spacial score (nSPS) is 10.4. The van der Waals surface area contributed by atoms with Crippen molar-refractivity contribution in [3.63, 3.8) is 0 Å². The third kappa shape index (κ3) is 4.36. The summed E-state index contributed by atoms with van der Waals surface area (Å²) in [4.78, 5) is 10.1. The molecule has 0 bridgehead atoms. The second-order valence-corrected chi connectivity index (χ2v) is 5.13. The SMILES string of the molecule is O=[N+]([O-])CCc1cc(Oc2ccccc2)cc(CCCl)c1O. The zero-order valence-electron chi connectivity index (χ0n) is 11.9. The number of alkyl halides is 1. The molecule has 0 aliphatic rings. The van der Waals surface area contributed by atoms with E-state index in [9.17, 15) is 15.2 Å². The first-order chi connectivity index (χ1) is 10.6. The first kappa shape index (κ1) is 16.1. The van der Waals surface area contributed by atoms with Crippen molar-refractivity contribution in [2.75, 3.05) is 12.4 Å². The summed E-state index contributed by atoms with van der Waals surface area (Å²) in [6, 6.07) is 12.5. The molecule has 116 valence electrons. The highest BCUT2D eigenvalue weighted by atomic mass is 35.5. The number of halogens is 1. The third-order valence-corrected chi connectivity index (χ3v) is 3.34. The van der Waals surface area contributed by atoms with Crippen LogP contribution in [0, 0.1) is 10.1 Å². The number of ether oxygens (including phenoxy) is 1. The molecule has 0 saturated heterocycles. The highest BCUT2D eigenvalue weighted by Crippen LogP contribution is 2.32. The van der Waals surface area contributed by atoms with E-state index in [1.54, 1.807) is 12.1 Å². The van der Waals surface area contributed by atoms with Crippen molar-refractivity contribution < 1.29 is 14.8 Å². The minimum Gasteiger partial charge on any atom is -0.507 e. The van der Waals surface area contributed by atoms with Crippen LogP contribution in [0.3, 0.4) is 0 Å². The number of aryl methyl sites for hydroxylation is 1. The number of nitrogens with zero attached hydrogens (tertiary/aromatic N) is 1. The molecule has 0 atom stereocenters. The minimum atomic E-state index is -0.411. The Morgan fingerprint density at radius 2 is 1.73 bits per heavy atom. The monoisotopic (exact) mass is 321 g/mol. The van der Waals surface area contributed by atoms with E-state index in [-0.39, 0.29) is 18.7 Å². The average molecular weight is 322 g/mol. The van der Waals surface area contributed by atoms with E-state index >= 15 is 0 Å². The van der Waals surface area contributed by atoms with Gasteiger partial charge in [0, 0.05) is 22.8 Å². The van der Waals surface area contributed by atoms with Gasteiger partial charge in [0.25, 0.3) is 0 Å². The summed E-state index contributed by atoms with van der Waals surface area (Å²) in [7, 11) is 0.